The van der Waals surface area contributed by atoms with Gasteiger partial charge >= 0.3 is 12.1 Å². The first-order valence-electron chi connectivity index (χ1n) is 9.59. The van der Waals surface area contributed by atoms with Gasteiger partial charge in [0.15, 0.2) is 0 Å². The lowest BCUT2D eigenvalue weighted by Gasteiger charge is -2.37. The molecule has 0 bridgehead atoms. The zero-order valence-electron chi connectivity index (χ0n) is 17.7. The number of rotatable bonds is 4. The molecule has 2 fully saturated rings. The Hall–Kier alpha value is -2.50. The zero-order chi connectivity index (χ0) is 21.1. The molecule has 2 saturated heterocycles. The molecule has 0 aromatic rings. The molecule has 0 saturated carbocycles. The fraction of sp³-hybridized carbons (Fsp3) is 0.789. The molecular formula is C19H31N5O4. The Labute approximate surface area is 167 Å². The van der Waals surface area contributed by atoms with Gasteiger partial charge in [0.1, 0.15) is 10.7 Å². The Morgan fingerprint density at radius 3 is 2.46 bits per heavy atom. The quantitative estimate of drug-likeness (QED) is 0.413. The highest BCUT2D eigenvalue weighted by Crippen LogP contribution is 2.27. The molecule has 1 amide bonds. The molecule has 9 nitrogen and oxygen atoms in total. The highest BCUT2D eigenvalue weighted by atomic mass is 16.6. The number of esters is 1. The van der Waals surface area contributed by atoms with Gasteiger partial charge in [0.05, 0.1) is 18.1 Å². The Morgan fingerprint density at radius 2 is 1.89 bits per heavy atom. The fourth-order valence-electron chi connectivity index (χ4n) is 3.45. The van der Waals surface area contributed by atoms with Gasteiger partial charge in [-0.25, -0.2) is 4.79 Å². The largest absolute Gasteiger partial charge is 0.466 e. The highest BCUT2D eigenvalue weighted by Gasteiger charge is 2.45. The van der Waals surface area contributed by atoms with Gasteiger partial charge in [-0.3, -0.25) is 4.79 Å². The minimum atomic E-state index is -0.738. The van der Waals surface area contributed by atoms with Crippen molar-refractivity contribution in [3.8, 4) is 0 Å². The third-order valence-electron chi connectivity index (χ3n) is 4.66. The van der Waals surface area contributed by atoms with Gasteiger partial charge < -0.3 is 24.2 Å². The van der Waals surface area contributed by atoms with Crippen molar-refractivity contribution in [3.05, 3.63) is 11.5 Å². The van der Waals surface area contributed by atoms with E-state index in [1.807, 2.05) is 44.4 Å². The van der Waals surface area contributed by atoms with E-state index in [-0.39, 0.29) is 18.1 Å². The van der Waals surface area contributed by atoms with Crippen molar-refractivity contribution in [1.29, 1.82) is 0 Å². The van der Waals surface area contributed by atoms with Crippen LogP contribution in [0.5, 0.6) is 0 Å². The second kappa shape index (κ2) is 8.25. The van der Waals surface area contributed by atoms with Gasteiger partial charge in [0, 0.05) is 32.7 Å². The Kier molecular flexibility index (Phi) is 6.42. The molecule has 2 aliphatic rings. The van der Waals surface area contributed by atoms with Crippen LogP contribution in [0.25, 0.3) is 4.95 Å². The first-order chi connectivity index (χ1) is 13.0. The molecule has 0 N–H and O–H groups in total. The molecule has 0 radical (unpaired) electrons. The van der Waals surface area contributed by atoms with Crippen LogP contribution in [0.2, 0.25) is 0 Å². The summed E-state index contributed by atoms with van der Waals surface area (Å²) in [5, 5.41) is 3.98. The van der Waals surface area contributed by atoms with E-state index in [0.717, 1.165) is 0 Å². The Bertz CT molecular complexity index is 677. The maximum Gasteiger partial charge on any atom is 0.410 e. The average Bonchev–Trinajstić information content (AvgIpc) is 2.90. The van der Waals surface area contributed by atoms with E-state index in [1.54, 1.807) is 11.8 Å². The van der Waals surface area contributed by atoms with E-state index < -0.39 is 11.0 Å². The highest BCUT2D eigenvalue weighted by molar-refractivity contribution is 5.85. The molecule has 2 heterocycles. The van der Waals surface area contributed by atoms with Crippen LogP contribution in [0.3, 0.4) is 0 Å². The number of piperazine rings is 1. The van der Waals surface area contributed by atoms with Gasteiger partial charge in [-0.1, -0.05) is 0 Å². The normalized spacial score (nSPS) is 21.4. The minimum Gasteiger partial charge on any atom is -0.466 e. The lowest BCUT2D eigenvalue weighted by molar-refractivity contribution is -0.153. The zero-order valence-corrected chi connectivity index (χ0v) is 17.7. The number of amides is 1. The van der Waals surface area contributed by atoms with Crippen molar-refractivity contribution >= 4 is 18.0 Å². The molecule has 0 aromatic heterocycles. The molecule has 2 aliphatic heterocycles. The number of nitrogens with zero attached hydrogens (tertiary/aromatic N) is 5. The second-order valence-corrected chi connectivity index (χ2v) is 8.76. The fourth-order valence-corrected chi connectivity index (χ4v) is 3.45. The molecule has 156 valence electrons. The lowest BCUT2D eigenvalue weighted by atomic mass is 9.93. The standard InChI is InChI=1S/C19H31N5O4/c1-8-27-15(25)19(5,6)13-23-12-14-11-22(17(26)28-18(2,3)4)9-10-24(14)16(23)21-20-7/h14H,8-13H2,1-6H3. The number of carbonyl (C=O) groups excluding carboxylic acids is 2. The van der Waals surface area contributed by atoms with Crippen LogP contribution in [0.1, 0.15) is 41.5 Å². The van der Waals surface area contributed by atoms with Crippen molar-refractivity contribution < 1.29 is 19.1 Å². The van der Waals surface area contributed by atoms with E-state index in [0.29, 0.717) is 45.3 Å². The molecule has 28 heavy (non-hydrogen) atoms. The van der Waals surface area contributed by atoms with Crippen LogP contribution >= 0.6 is 0 Å². The predicted molar refractivity (Wildman–Crippen MR) is 104 cm³/mol. The SMILES string of the molecule is [C-]#[N+]N=C1N(CC(C)(C)C(=O)OCC)CC2CN(C(=O)OC(C)(C)C)CCN12. The van der Waals surface area contributed by atoms with E-state index in [2.05, 4.69) is 10.1 Å². The van der Waals surface area contributed by atoms with Crippen molar-refractivity contribution in [2.45, 2.75) is 53.2 Å². The van der Waals surface area contributed by atoms with Crippen LogP contribution in [0.15, 0.2) is 5.10 Å². The number of carbonyl (C=O) groups is 2. The van der Waals surface area contributed by atoms with Crippen molar-refractivity contribution in [2.75, 3.05) is 39.3 Å². The molecule has 0 aromatic carbocycles. The van der Waals surface area contributed by atoms with Crippen LogP contribution < -0.4 is 0 Å². The number of hydrogen-bond acceptors (Lipinski definition) is 5. The van der Waals surface area contributed by atoms with E-state index in [9.17, 15) is 9.59 Å². The van der Waals surface area contributed by atoms with Crippen LogP contribution in [0, 0.1) is 12.0 Å². The molecule has 2 rings (SSSR count). The van der Waals surface area contributed by atoms with Crippen LogP contribution in [-0.4, -0.2) is 83.7 Å². The first-order valence-corrected chi connectivity index (χ1v) is 9.59. The number of hydrogen-bond donors (Lipinski definition) is 0. The summed E-state index contributed by atoms with van der Waals surface area (Å²) in [7, 11) is 0. The smallest absolute Gasteiger partial charge is 0.410 e. The summed E-state index contributed by atoms with van der Waals surface area (Å²) in [5.74, 6) is 0.277. The summed E-state index contributed by atoms with van der Waals surface area (Å²) < 4.78 is 10.7. The van der Waals surface area contributed by atoms with Crippen molar-refractivity contribution in [2.24, 2.45) is 10.5 Å². The van der Waals surface area contributed by atoms with Gasteiger partial charge in [-0.15, -0.1) is 4.95 Å². The minimum absolute atomic E-state index is 0.000219. The molecule has 9 heteroatoms. The van der Waals surface area contributed by atoms with Gasteiger partial charge in [0.25, 0.3) is 5.96 Å². The number of ether oxygens (including phenoxy) is 2. The second-order valence-electron chi connectivity index (χ2n) is 8.76. The van der Waals surface area contributed by atoms with Gasteiger partial charge in [-0.2, -0.15) is 6.57 Å². The molecule has 1 atom stereocenters. The third kappa shape index (κ3) is 5.06. The van der Waals surface area contributed by atoms with Gasteiger partial charge in [0.2, 0.25) is 0 Å². The Balaban J connectivity index is 2.12. The van der Waals surface area contributed by atoms with Crippen molar-refractivity contribution in [1.82, 2.24) is 14.7 Å². The number of fused-ring (bicyclic) bond motifs is 1. The summed E-state index contributed by atoms with van der Waals surface area (Å²) in [5.41, 5.74) is -1.28. The third-order valence-corrected chi connectivity index (χ3v) is 4.66. The van der Waals surface area contributed by atoms with Crippen molar-refractivity contribution in [3.63, 3.8) is 0 Å². The summed E-state index contributed by atoms with van der Waals surface area (Å²) in [6.07, 6.45) is -0.332. The topological polar surface area (TPSA) is 79.0 Å². The number of guanidine groups is 1. The van der Waals surface area contributed by atoms with E-state index in [1.165, 1.54) is 0 Å². The average molecular weight is 393 g/mol. The molecule has 0 aliphatic carbocycles. The molecular weight excluding hydrogens is 362 g/mol. The summed E-state index contributed by atoms with van der Waals surface area (Å²) in [6.45, 7) is 21.0. The lowest BCUT2D eigenvalue weighted by Crippen LogP contribution is -2.54. The molecule has 0 spiro atoms. The summed E-state index contributed by atoms with van der Waals surface area (Å²) in [6, 6.07) is -0.000219. The van der Waals surface area contributed by atoms with E-state index >= 15 is 0 Å². The summed E-state index contributed by atoms with van der Waals surface area (Å²) in [4.78, 5) is 33.6. The van der Waals surface area contributed by atoms with Crippen LogP contribution in [-0.2, 0) is 14.3 Å². The van der Waals surface area contributed by atoms with E-state index in [4.69, 9.17) is 16.0 Å². The predicted octanol–water partition coefficient (Wildman–Crippen LogP) is 2.00. The van der Waals surface area contributed by atoms with Gasteiger partial charge in [-0.05, 0) is 41.5 Å². The Morgan fingerprint density at radius 1 is 1.21 bits per heavy atom. The monoisotopic (exact) mass is 393 g/mol. The first kappa shape index (κ1) is 21.8. The van der Waals surface area contributed by atoms with Crippen LogP contribution in [0.4, 0.5) is 4.79 Å². The maximum atomic E-state index is 12.4. The molecule has 1 unspecified atom stereocenters. The summed E-state index contributed by atoms with van der Waals surface area (Å²) >= 11 is 0. The maximum absolute atomic E-state index is 12.4.